The summed E-state index contributed by atoms with van der Waals surface area (Å²) in [6.07, 6.45) is 1.13. The molecule has 5 heteroatoms. The second-order valence-electron chi connectivity index (χ2n) is 4.33. The van der Waals surface area contributed by atoms with Crippen LogP contribution in [0.15, 0.2) is 6.07 Å². The lowest BCUT2D eigenvalue weighted by molar-refractivity contribution is 0.236. The number of fused-ring (bicyclic) bond motifs is 1. The van der Waals surface area contributed by atoms with Crippen molar-refractivity contribution < 1.29 is 4.74 Å². The topological polar surface area (TPSA) is 47.0 Å². The third-order valence-electron chi connectivity index (χ3n) is 2.44. The minimum Gasteiger partial charge on any atom is -0.474 e. The van der Waals surface area contributed by atoms with E-state index in [1.165, 1.54) is 4.88 Å². The highest BCUT2D eigenvalue weighted by atomic mass is 32.1. The Bertz CT molecular complexity index is 536. The molecule has 0 aliphatic heterocycles. The summed E-state index contributed by atoms with van der Waals surface area (Å²) in [4.78, 5) is 11.3. The molecule has 0 aliphatic rings. The van der Waals surface area contributed by atoms with Gasteiger partial charge in [-0.1, -0.05) is 6.92 Å². The zero-order valence-corrected chi connectivity index (χ0v) is 12.1. The highest BCUT2D eigenvalue weighted by molar-refractivity contribution is 7.18. The lowest BCUT2D eigenvalue weighted by Crippen LogP contribution is -2.09. The van der Waals surface area contributed by atoms with E-state index in [2.05, 4.69) is 28.3 Å². The van der Waals surface area contributed by atoms with Gasteiger partial charge in [0.1, 0.15) is 4.83 Å². The second-order valence-corrected chi connectivity index (χ2v) is 5.45. The standard InChI is InChI=1S/C13H19N3OS/c1-5-9-7-10-11(17-8(3)4)15-13(14-6-2)16-12(10)18-9/h7-8H,5-6H2,1-4H3,(H,14,15,16). The van der Waals surface area contributed by atoms with Gasteiger partial charge in [-0.25, -0.2) is 4.98 Å². The molecule has 0 spiro atoms. The summed E-state index contributed by atoms with van der Waals surface area (Å²) in [7, 11) is 0. The zero-order valence-electron chi connectivity index (χ0n) is 11.3. The van der Waals surface area contributed by atoms with Crippen molar-refractivity contribution >= 4 is 27.5 Å². The first kappa shape index (κ1) is 13.1. The first-order valence-electron chi connectivity index (χ1n) is 6.35. The third kappa shape index (κ3) is 2.72. The number of hydrogen-bond acceptors (Lipinski definition) is 5. The highest BCUT2D eigenvalue weighted by Gasteiger charge is 2.13. The van der Waals surface area contributed by atoms with E-state index >= 15 is 0 Å². The van der Waals surface area contributed by atoms with Crippen molar-refractivity contribution in [3.05, 3.63) is 10.9 Å². The molecule has 1 N–H and O–H groups in total. The Hall–Kier alpha value is -1.36. The number of thiophene rings is 1. The minimum absolute atomic E-state index is 0.113. The molecule has 18 heavy (non-hydrogen) atoms. The lowest BCUT2D eigenvalue weighted by Gasteiger charge is -2.11. The zero-order chi connectivity index (χ0) is 13.1. The Labute approximate surface area is 111 Å². The van der Waals surface area contributed by atoms with Crippen LogP contribution in [0, 0.1) is 0 Å². The molecular weight excluding hydrogens is 246 g/mol. The molecule has 2 aromatic rings. The maximum Gasteiger partial charge on any atom is 0.227 e. The van der Waals surface area contributed by atoms with Crippen molar-refractivity contribution in [2.24, 2.45) is 0 Å². The molecule has 0 aliphatic carbocycles. The third-order valence-corrected chi connectivity index (χ3v) is 3.61. The first-order chi connectivity index (χ1) is 8.63. The van der Waals surface area contributed by atoms with Gasteiger partial charge in [0.2, 0.25) is 11.8 Å². The molecule has 2 aromatic heterocycles. The quantitative estimate of drug-likeness (QED) is 0.899. The van der Waals surface area contributed by atoms with Gasteiger partial charge in [-0.15, -0.1) is 11.3 Å². The normalized spacial score (nSPS) is 11.2. The summed E-state index contributed by atoms with van der Waals surface area (Å²) in [5.41, 5.74) is 0. The van der Waals surface area contributed by atoms with Crippen LogP contribution >= 0.6 is 11.3 Å². The van der Waals surface area contributed by atoms with Crippen LogP contribution < -0.4 is 10.1 Å². The van der Waals surface area contributed by atoms with Crippen molar-refractivity contribution in [2.75, 3.05) is 11.9 Å². The van der Waals surface area contributed by atoms with Gasteiger partial charge < -0.3 is 10.1 Å². The maximum absolute atomic E-state index is 5.79. The fourth-order valence-electron chi connectivity index (χ4n) is 1.67. The van der Waals surface area contributed by atoms with Gasteiger partial charge in [0.25, 0.3) is 0 Å². The number of rotatable bonds is 5. The summed E-state index contributed by atoms with van der Waals surface area (Å²) in [6.45, 7) is 9.00. The molecule has 2 rings (SSSR count). The first-order valence-corrected chi connectivity index (χ1v) is 7.16. The van der Waals surface area contributed by atoms with Gasteiger partial charge in [-0.05, 0) is 33.3 Å². The number of ether oxygens (including phenoxy) is 1. The molecule has 98 valence electrons. The number of anilines is 1. The monoisotopic (exact) mass is 265 g/mol. The fraction of sp³-hybridized carbons (Fsp3) is 0.538. The summed E-state index contributed by atoms with van der Waals surface area (Å²) >= 11 is 1.71. The van der Waals surface area contributed by atoms with E-state index in [-0.39, 0.29) is 6.10 Å². The fourth-order valence-corrected chi connectivity index (χ4v) is 2.63. The Balaban J connectivity index is 2.51. The van der Waals surface area contributed by atoms with Crippen LogP contribution in [-0.2, 0) is 6.42 Å². The van der Waals surface area contributed by atoms with Crippen molar-refractivity contribution in [3.8, 4) is 5.88 Å². The van der Waals surface area contributed by atoms with Crippen molar-refractivity contribution in [3.63, 3.8) is 0 Å². The smallest absolute Gasteiger partial charge is 0.227 e. The van der Waals surface area contributed by atoms with E-state index in [0.717, 1.165) is 23.2 Å². The summed E-state index contributed by atoms with van der Waals surface area (Å²) in [5.74, 6) is 1.33. The Kier molecular flexibility index (Phi) is 4.01. The molecule has 0 saturated carbocycles. The Morgan fingerprint density at radius 2 is 2.11 bits per heavy atom. The van der Waals surface area contributed by atoms with E-state index < -0.39 is 0 Å². The van der Waals surface area contributed by atoms with E-state index in [0.29, 0.717) is 11.8 Å². The van der Waals surface area contributed by atoms with Crippen LogP contribution in [-0.4, -0.2) is 22.6 Å². The van der Waals surface area contributed by atoms with Crippen molar-refractivity contribution in [2.45, 2.75) is 40.2 Å². The number of hydrogen-bond donors (Lipinski definition) is 1. The summed E-state index contributed by atoms with van der Waals surface area (Å²) in [5, 5.41) is 4.17. The van der Waals surface area contributed by atoms with E-state index in [9.17, 15) is 0 Å². The number of aryl methyl sites for hydroxylation is 1. The average molecular weight is 265 g/mol. The molecule has 0 radical (unpaired) electrons. The molecule has 4 nitrogen and oxygen atoms in total. The van der Waals surface area contributed by atoms with Crippen LogP contribution in [0.1, 0.15) is 32.6 Å². The van der Waals surface area contributed by atoms with Gasteiger partial charge in [0.05, 0.1) is 11.5 Å². The largest absolute Gasteiger partial charge is 0.474 e. The lowest BCUT2D eigenvalue weighted by atomic mass is 10.3. The van der Waals surface area contributed by atoms with Crippen LogP contribution in [0.5, 0.6) is 5.88 Å². The number of nitrogens with one attached hydrogen (secondary N) is 1. The van der Waals surface area contributed by atoms with Crippen molar-refractivity contribution in [1.82, 2.24) is 9.97 Å². The number of nitrogens with zero attached hydrogens (tertiary/aromatic N) is 2. The molecular formula is C13H19N3OS. The molecule has 0 amide bonds. The van der Waals surface area contributed by atoms with Crippen LogP contribution in [0.25, 0.3) is 10.2 Å². The summed E-state index contributed by atoms with van der Waals surface area (Å²) < 4.78 is 5.79. The molecule has 0 bridgehead atoms. The average Bonchev–Trinajstić information content (AvgIpc) is 2.72. The van der Waals surface area contributed by atoms with E-state index in [1.54, 1.807) is 11.3 Å². The summed E-state index contributed by atoms with van der Waals surface area (Å²) in [6, 6.07) is 2.13. The van der Waals surface area contributed by atoms with Gasteiger partial charge >= 0.3 is 0 Å². The van der Waals surface area contributed by atoms with Gasteiger partial charge in [0, 0.05) is 11.4 Å². The molecule has 0 saturated heterocycles. The van der Waals surface area contributed by atoms with Gasteiger partial charge in [-0.3, -0.25) is 0 Å². The SMILES string of the molecule is CCNc1nc(OC(C)C)c2cc(CC)sc2n1. The van der Waals surface area contributed by atoms with Crippen molar-refractivity contribution in [1.29, 1.82) is 0 Å². The molecule has 0 atom stereocenters. The Morgan fingerprint density at radius 1 is 1.33 bits per heavy atom. The minimum atomic E-state index is 0.113. The van der Waals surface area contributed by atoms with Gasteiger partial charge in [-0.2, -0.15) is 4.98 Å². The molecule has 0 aromatic carbocycles. The van der Waals surface area contributed by atoms with Gasteiger partial charge in [0.15, 0.2) is 0 Å². The highest BCUT2D eigenvalue weighted by Crippen LogP contribution is 2.32. The predicted octanol–water partition coefficient (Wildman–Crippen LogP) is 3.47. The van der Waals surface area contributed by atoms with Crippen LogP contribution in [0.2, 0.25) is 0 Å². The van der Waals surface area contributed by atoms with E-state index in [4.69, 9.17) is 4.74 Å². The molecule has 0 unspecified atom stereocenters. The van der Waals surface area contributed by atoms with E-state index in [1.807, 2.05) is 20.8 Å². The predicted molar refractivity (Wildman–Crippen MR) is 76.7 cm³/mol. The molecule has 0 fully saturated rings. The van der Waals surface area contributed by atoms with Crippen LogP contribution in [0.4, 0.5) is 5.95 Å². The maximum atomic E-state index is 5.79. The molecule has 2 heterocycles. The second kappa shape index (κ2) is 5.52. The Morgan fingerprint density at radius 3 is 2.72 bits per heavy atom. The number of aromatic nitrogens is 2. The van der Waals surface area contributed by atoms with Crippen LogP contribution in [0.3, 0.4) is 0 Å².